The predicted molar refractivity (Wildman–Crippen MR) is 65.8 cm³/mol. The van der Waals surface area contributed by atoms with Crippen molar-refractivity contribution < 1.29 is 0 Å². The predicted octanol–water partition coefficient (Wildman–Crippen LogP) is 2.83. The minimum atomic E-state index is 0.0642. The molecule has 4 heteroatoms. The van der Waals surface area contributed by atoms with E-state index in [1.165, 1.54) is 11.8 Å². The van der Waals surface area contributed by atoms with Gasteiger partial charge in [0, 0.05) is 18.6 Å². The monoisotopic (exact) mass is 239 g/mol. The highest BCUT2D eigenvalue weighted by atomic mass is 35.5. The molecule has 2 aromatic rings. The molecule has 0 radical (unpaired) electrons. The summed E-state index contributed by atoms with van der Waals surface area (Å²) in [6.07, 6.45) is 1.83. The molecule has 1 aromatic heterocycles. The number of halogens is 1. The maximum Gasteiger partial charge on any atom is 0.202 e. The Hall–Kier alpha value is -0.930. The Morgan fingerprint density at radius 3 is 2.87 bits per heavy atom. The maximum atomic E-state index is 12.0. The Morgan fingerprint density at radius 1 is 1.40 bits per heavy atom. The van der Waals surface area contributed by atoms with E-state index in [-0.39, 0.29) is 5.43 Å². The Morgan fingerprint density at radius 2 is 2.13 bits per heavy atom. The van der Waals surface area contributed by atoms with Crippen molar-refractivity contribution in [2.24, 2.45) is 7.05 Å². The van der Waals surface area contributed by atoms with Gasteiger partial charge in [0.2, 0.25) is 5.43 Å². The summed E-state index contributed by atoms with van der Waals surface area (Å²) in [5.74, 6) is 0. The number of hydrogen-bond donors (Lipinski definition) is 0. The van der Waals surface area contributed by atoms with E-state index < -0.39 is 0 Å². The van der Waals surface area contributed by atoms with Crippen LogP contribution in [-0.2, 0) is 7.05 Å². The van der Waals surface area contributed by atoms with Crippen LogP contribution in [0.5, 0.6) is 0 Å². The number of rotatable bonds is 2. The second kappa shape index (κ2) is 4.29. The van der Waals surface area contributed by atoms with Crippen molar-refractivity contribution in [3.63, 3.8) is 0 Å². The molecule has 0 spiro atoms. The molecule has 0 aliphatic carbocycles. The quantitative estimate of drug-likeness (QED) is 0.594. The van der Waals surface area contributed by atoms with Crippen LogP contribution in [0.15, 0.2) is 40.2 Å². The van der Waals surface area contributed by atoms with Crippen LogP contribution in [0.25, 0.3) is 10.9 Å². The van der Waals surface area contributed by atoms with Crippen molar-refractivity contribution >= 4 is 34.3 Å². The fourth-order valence-electron chi connectivity index (χ4n) is 1.57. The van der Waals surface area contributed by atoms with Crippen molar-refractivity contribution in [2.75, 3.05) is 5.21 Å². The van der Waals surface area contributed by atoms with E-state index in [4.69, 9.17) is 11.6 Å². The number of fused-ring (bicyclic) bond motifs is 1. The summed E-state index contributed by atoms with van der Waals surface area (Å²) >= 11 is 6.99. The van der Waals surface area contributed by atoms with E-state index >= 15 is 0 Å². The SMILES string of the molecule is Cn1cc(SCCl)c(=O)c2ccccc21. The summed E-state index contributed by atoms with van der Waals surface area (Å²) in [4.78, 5) is 12.7. The first kappa shape index (κ1) is 10.6. The Labute approximate surface area is 96.9 Å². The number of nitrogens with zero attached hydrogens (tertiary/aromatic N) is 1. The van der Waals surface area contributed by atoms with Gasteiger partial charge < -0.3 is 4.57 Å². The fraction of sp³-hybridized carbons (Fsp3) is 0.182. The molecule has 0 bridgehead atoms. The van der Waals surface area contributed by atoms with E-state index in [0.717, 1.165) is 10.9 Å². The first-order valence-corrected chi connectivity index (χ1v) is 6.03. The number of para-hydroxylation sites is 1. The zero-order valence-corrected chi connectivity index (χ0v) is 9.81. The molecule has 0 atom stereocenters. The minimum Gasteiger partial charge on any atom is -0.349 e. The second-order valence-corrected chi connectivity index (χ2v) is 4.81. The third kappa shape index (κ3) is 1.90. The molecule has 0 saturated carbocycles. The van der Waals surface area contributed by atoms with Crippen molar-refractivity contribution in [2.45, 2.75) is 4.90 Å². The van der Waals surface area contributed by atoms with Crippen molar-refractivity contribution in [3.05, 3.63) is 40.7 Å². The normalized spacial score (nSPS) is 10.8. The average molecular weight is 240 g/mol. The molecule has 0 unspecified atom stereocenters. The van der Waals surface area contributed by atoms with Crippen LogP contribution in [0.3, 0.4) is 0 Å². The molecule has 0 aliphatic heterocycles. The van der Waals surface area contributed by atoms with Gasteiger partial charge in [0.15, 0.2) is 0 Å². The Kier molecular flexibility index (Phi) is 3.03. The summed E-state index contributed by atoms with van der Waals surface area (Å²) < 4.78 is 1.95. The smallest absolute Gasteiger partial charge is 0.202 e. The van der Waals surface area contributed by atoms with E-state index in [9.17, 15) is 4.79 Å². The van der Waals surface area contributed by atoms with Crippen LogP contribution in [0.4, 0.5) is 0 Å². The van der Waals surface area contributed by atoms with Gasteiger partial charge in [-0.05, 0) is 12.1 Å². The molecular weight excluding hydrogens is 230 g/mol. The van der Waals surface area contributed by atoms with Gasteiger partial charge in [-0.3, -0.25) is 4.79 Å². The first-order chi connectivity index (χ1) is 7.24. The van der Waals surface area contributed by atoms with E-state index in [1.807, 2.05) is 42.1 Å². The molecule has 2 rings (SSSR count). The van der Waals surface area contributed by atoms with Gasteiger partial charge in [-0.2, -0.15) is 0 Å². The molecule has 15 heavy (non-hydrogen) atoms. The van der Waals surface area contributed by atoms with Gasteiger partial charge in [-0.25, -0.2) is 0 Å². The van der Waals surface area contributed by atoms with E-state index in [0.29, 0.717) is 10.1 Å². The minimum absolute atomic E-state index is 0.0642. The molecule has 0 aliphatic rings. The van der Waals surface area contributed by atoms with E-state index in [2.05, 4.69) is 0 Å². The largest absolute Gasteiger partial charge is 0.349 e. The topological polar surface area (TPSA) is 22.0 Å². The summed E-state index contributed by atoms with van der Waals surface area (Å²) in [6.45, 7) is 0. The highest BCUT2D eigenvalue weighted by Crippen LogP contribution is 2.18. The van der Waals surface area contributed by atoms with Crippen LogP contribution in [0, 0.1) is 0 Å². The Balaban J connectivity index is 2.79. The number of benzene rings is 1. The maximum absolute atomic E-state index is 12.0. The number of pyridine rings is 1. The van der Waals surface area contributed by atoms with Crippen molar-refractivity contribution in [1.29, 1.82) is 0 Å². The van der Waals surface area contributed by atoms with Gasteiger partial charge in [-0.1, -0.05) is 12.1 Å². The molecule has 0 N–H and O–H groups in total. The second-order valence-electron chi connectivity index (χ2n) is 3.20. The zero-order valence-electron chi connectivity index (χ0n) is 8.24. The van der Waals surface area contributed by atoms with Crippen LogP contribution in [0.2, 0.25) is 0 Å². The summed E-state index contributed by atoms with van der Waals surface area (Å²) in [5.41, 5.74) is 1.01. The highest BCUT2D eigenvalue weighted by molar-refractivity contribution is 8.00. The van der Waals surface area contributed by atoms with Crippen LogP contribution in [-0.4, -0.2) is 9.78 Å². The van der Waals surface area contributed by atoms with Crippen LogP contribution in [0.1, 0.15) is 0 Å². The lowest BCUT2D eigenvalue weighted by molar-refractivity contribution is 0.924. The van der Waals surface area contributed by atoms with Crippen LogP contribution < -0.4 is 5.43 Å². The van der Waals surface area contributed by atoms with Gasteiger partial charge in [-0.15, -0.1) is 23.4 Å². The number of aromatic nitrogens is 1. The van der Waals surface area contributed by atoms with Crippen molar-refractivity contribution in [3.8, 4) is 0 Å². The molecule has 0 fully saturated rings. The lowest BCUT2D eigenvalue weighted by Gasteiger charge is -2.07. The van der Waals surface area contributed by atoms with Gasteiger partial charge in [0.25, 0.3) is 0 Å². The molecule has 1 aromatic carbocycles. The van der Waals surface area contributed by atoms with Gasteiger partial charge in [0.1, 0.15) is 0 Å². The Bertz CT molecular complexity index is 550. The number of alkyl halides is 1. The third-order valence-corrected chi connectivity index (χ3v) is 3.31. The molecule has 0 saturated heterocycles. The molecule has 1 heterocycles. The molecule has 0 amide bonds. The lowest BCUT2D eigenvalue weighted by atomic mass is 10.2. The molecule has 2 nitrogen and oxygen atoms in total. The third-order valence-electron chi connectivity index (χ3n) is 2.27. The van der Waals surface area contributed by atoms with E-state index in [1.54, 1.807) is 0 Å². The van der Waals surface area contributed by atoms with Crippen molar-refractivity contribution in [1.82, 2.24) is 4.57 Å². The number of aryl methyl sites for hydroxylation is 1. The first-order valence-electron chi connectivity index (χ1n) is 4.51. The van der Waals surface area contributed by atoms with Gasteiger partial charge in [0.05, 0.1) is 15.6 Å². The standard InChI is InChI=1S/C11H10ClNOS/c1-13-6-10(15-7-12)11(14)8-4-2-3-5-9(8)13/h2-6H,7H2,1H3. The summed E-state index contributed by atoms with van der Waals surface area (Å²) in [5, 5.41) is 1.14. The molecular formula is C11H10ClNOS. The average Bonchev–Trinajstić information content (AvgIpc) is 2.26. The summed E-state index contributed by atoms with van der Waals surface area (Å²) in [7, 11) is 1.93. The molecule has 78 valence electrons. The highest BCUT2D eigenvalue weighted by Gasteiger charge is 2.06. The fourth-order valence-corrected chi connectivity index (χ4v) is 2.52. The van der Waals surface area contributed by atoms with Crippen LogP contribution >= 0.6 is 23.4 Å². The number of hydrogen-bond acceptors (Lipinski definition) is 2. The number of thioether (sulfide) groups is 1. The zero-order chi connectivity index (χ0) is 10.8. The van der Waals surface area contributed by atoms with Gasteiger partial charge >= 0.3 is 0 Å². The summed E-state index contributed by atoms with van der Waals surface area (Å²) in [6, 6.07) is 7.58. The lowest BCUT2D eigenvalue weighted by Crippen LogP contribution is -2.09.